The molecule has 3 aliphatic rings. The van der Waals surface area contributed by atoms with Crippen LogP contribution in [-0.2, 0) is 18.3 Å². The van der Waals surface area contributed by atoms with Gasteiger partial charge in [-0.2, -0.15) is 0 Å². The molecule has 2 aromatic carbocycles. The summed E-state index contributed by atoms with van der Waals surface area (Å²) < 4.78 is 6.99. The van der Waals surface area contributed by atoms with Crippen LogP contribution in [0.5, 0.6) is 11.5 Å². The summed E-state index contributed by atoms with van der Waals surface area (Å²) >= 11 is 0. The van der Waals surface area contributed by atoms with Gasteiger partial charge in [0.05, 0.1) is 33.9 Å². The van der Waals surface area contributed by atoms with E-state index in [-0.39, 0.29) is 0 Å². The maximum atomic E-state index is 13.2. The molecule has 0 spiro atoms. The van der Waals surface area contributed by atoms with E-state index in [1.54, 1.807) is 6.07 Å². The summed E-state index contributed by atoms with van der Waals surface area (Å²) in [6, 6.07) is 18.8. The van der Waals surface area contributed by atoms with Gasteiger partial charge in [-0.25, -0.2) is 15.8 Å². The minimum atomic E-state index is -0.491. The molecule has 3 aromatic heterocycles. The molecule has 6 heterocycles. The average Bonchev–Trinajstić information content (AvgIpc) is 3.86. The number of aromatic nitrogens is 4. The zero-order valence-electron chi connectivity index (χ0n) is 34.3. The second-order valence-electron chi connectivity index (χ2n) is 15.8. The van der Waals surface area contributed by atoms with Crippen molar-refractivity contribution in [3.05, 3.63) is 116 Å². The average molecular weight is 745 g/mol. The van der Waals surface area contributed by atoms with E-state index in [0.29, 0.717) is 17.1 Å². The Hall–Kier alpha value is -5.73. The molecule has 3 aliphatic heterocycles. The highest BCUT2D eigenvalue weighted by Crippen LogP contribution is 2.54. The molecule has 8 bridgehead atoms. The molecule has 5 N–H and O–H groups in total. The number of hydrogen-bond acceptors (Lipinski definition) is 5. The molecule has 8 rings (SSSR count). The summed E-state index contributed by atoms with van der Waals surface area (Å²) in [6.45, 7) is 22.0. The van der Waals surface area contributed by atoms with E-state index >= 15 is 0 Å². The summed E-state index contributed by atoms with van der Waals surface area (Å²) in [7, 11) is 0. The quantitative estimate of drug-likeness (QED) is 0.0783. The zero-order chi connectivity index (χ0) is 39.8. The lowest BCUT2D eigenvalue weighted by Crippen LogP contribution is -2.32. The number of carbonyl (C=O) groups is 1. The van der Waals surface area contributed by atoms with Crippen LogP contribution < -0.4 is 16.0 Å². The number of aryl methyl sites for hydroxylation is 4. The fourth-order valence-electron chi connectivity index (χ4n) is 9.41. The number of benzene rings is 2. The van der Waals surface area contributed by atoms with Crippen molar-refractivity contribution in [2.75, 3.05) is 0 Å². The number of nitrogens with one attached hydrogen (secondary N) is 3. The number of amides is 1. The summed E-state index contributed by atoms with van der Waals surface area (Å²) in [5.74, 6) is 6.51. The minimum Gasteiger partial charge on any atom is -0.455 e. The standard InChI is InChI=1S/C48H52N6O2/c1-11-28-24(5)36-21-37-25(6)29(12-2)39(51-37)23-41-31(14-4)27(8)44(53-41)42(43-26(7)30(13-3)40(52-43)22-38(28)50-36)32-17-15-19-34-45(32)56-46-33(47(55)54-49)18-16-20-35(46)48(34,9)10/h15-23,50,53H,11-14,49H2,1-10H3,(H,54,55). The van der Waals surface area contributed by atoms with Crippen molar-refractivity contribution in [1.29, 1.82) is 0 Å². The van der Waals surface area contributed by atoms with Gasteiger partial charge in [0.25, 0.3) is 5.91 Å². The number of aromatic amines is 2. The van der Waals surface area contributed by atoms with E-state index in [0.717, 1.165) is 104 Å². The third-order valence-corrected chi connectivity index (χ3v) is 12.6. The topological polar surface area (TPSA) is 122 Å². The molecule has 56 heavy (non-hydrogen) atoms. The molecule has 286 valence electrons. The van der Waals surface area contributed by atoms with Gasteiger partial charge in [-0.15, -0.1) is 0 Å². The number of rotatable bonds is 6. The van der Waals surface area contributed by atoms with Crippen LogP contribution in [0, 0.1) is 13.8 Å². The lowest BCUT2D eigenvalue weighted by molar-refractivity contribution is 0.0951. The number of hydrogen-bond donors (Lipinski definition) is 4. The van der Waals surface area contributed by atoms with Crippen LogP contribution in [0.2, 0.25) is 0 Å². The Balaban J connectivity index is 1.57. The van der Waals surface area contributed by atoms with E-state index in [2.05, 4.69) is 121 Å². The number of nitrogens with two attached hydrogens (primary N) is 1. The van der Waals surface area contributed by atoms with Gasteiger partial charge >= 0.3 is 0 Å². The Morgan fingerprint density at radius 2 is 1.30 bits per heavy atom. The summed E-state index contributed by atoms with van der Waals surface area (Å²) in [6.07, 6.45) is 3.42. The Morgan fingerprint density at radius 1 is 0.714 bits per heavy atom. The van der Waals surface area contributed by atoms with Crippen LogP contribution in [0.1, 0.15) is 135 Å². The van der Waals surface area contributed by atoms with Crippen molar-refractivity contribution in [1.82, 2.24) is 25.4 Å². The van der Waals surface area contributed by atoms with Crippen LogP contribution in [0.3, 0.4) is 0 Å². The Kier molecular flexibility index (Phi) is 9.16. The summed E-state index contributed by atoms with van der Waals surface area (Å²) in [5.41, 5.74) is 23.8. The number of para-hydroxylation sites is 2. The fourth-order valence-corrected chi connectivity index (χ4v) is 9.41. The molecule has 0 saturated heterocycles. The third kappa shape index (κ3) is 5.48. The molecular weight excluding hydrogens is 693 g/mol. The molecule has 5 aromatic rings. The smallest absolute Gasteiger partial charge is 0.268 e. The molecule has 8 nitrogen and oxygen atoms in total. The van der Waals surface area contributed by atoms with Crippen LogP contribution in [0.4, 0.5) is 0 Å². The van der Waals surface area contributed by atoms with Gasteiger partial charge in [-0.05, 0) is 122 Å². The number of hydrazine groups is 1. The van der Waals surface area contributed by atoms with Gasteiger partial charge < -0.3 is 14.7 Å². The first kappa shape index (κ1) is 37.2. The Morgan fingerprint density at radius 3 is 1.96 bits per heavy atom. The highest BCUT2D eigenvalue weighted by atomic mass is 16.5. The first-order valence-corrected chi connectivity index (χ1v) is 20.0. The lowest BCUT2D eigenvalue weighted by atomic mass is 9.74. The van der Waals surface area contributed by atoms with E-state index < -0.39 is 11.3 Å². The van der Waals surface area contributed by atoms with Crippen LogP contribution in [-0.4, -0.2) is 25.8 Å². The number of allylic oxidation sites excluding steroid dienone is 4. The molecule has 1 amide bonds. The predicted molar refractivity (Wildman–Crippen MR) is 231 cm³/mol. The lowest BCUT2D eigenvalue weighted by Gasteiger charge is -2.36. The van der Waals surface area contributed by atoms with Crippen molar-refractivity contribution < 1.29 is 9.53 Å². The molecule has 0 unspecified atom stereocenters. The Labute approximate surface area is 329 Å². The number of carbonyl (C=O) groups excluding carboxylic acids is 1. The first-order valence-electron chi connectivity index (χ1n) is 20.0. The van der Waals surface area contributed by atoms with E-state index in [9.17, 15) is 4.79 Å². The number of nitrogens with zero attached hydrogens (tertiary/aromatic N) is 2. The van der Waals surface area contributed by atoms with E-state index in [4.69, 9.17) is 20.5 Å². The van der Waals surface area contributed by atoms with Gasteiger partial charge in [0.2, 0.25) is 0 Å². The largest absolute Gasteiger partial charge is 0.455 e. The molecule has 0 saturated carbocycles. The van der Waals surface area contributed by atoms with Crippen molar-refractivity contribution in [3.63, 3.8) is 0 Å². The fraction of sp³-hybridized carbons (Fsp3) is 0.312. The van der Waals surface area contributed by atoms with Gasteiger partial charge in [0.15, 0.2) is 0 Å². The predicted octanol–water partition coefficient (Wildman–Crippen LogP) is 11.4. The highest BCUT2D eigenvalue weighted by Gasteiger charge is 2.38. The van der Waals surface area contributed by atoms with Gasteiger partial charge in [-0.1, -0.05) is 71.9 Å². The van der Waals surface area contributed by atoms with Crippen molar-refractivity contribution in [2.45, 2.75) is 100 Å². The zero-order valence-corrected chi connectivity index (χ0v) is 34.3. The van der Waals surface area contributed by atoms with Crippen LogP contribution >= 0.6 is 0 Å². The monoisotopic (exact) mass is 744 g/mol. The Bertz CT molecular complexity index is 2740. The van der Waals surface area contributed by atoms with Gasteiger partial charge in [0, 0.05) is 44.2 Å². The normalized spacial score (nSPS) is 14.5. The van der Waals surface area contributed by atoms with Crippen molar-refractivity contribution in [2.24, 2.45) is 5.84 Å². The van der Waals surface area contributed by atoms with E-state index in [1.165, 1.54) is 33.4 Å². The summed E-state index contributed by atoms with van der Waals surface area (Å²) in [5, 5.41) is 0. The number of ether oxygens (including phenoxy) is 1. The van der Waals surface area contributed by atoms with Gasteiger partial charge in [-0.3, -0.25) is 10.2 Å². The molecule has 0 fully saturated rings. The maximum Gasteiger partial charge on any atom is 0.268 e. The second kappa shape index (κ2) is 13.8. The van der Waals surface area contributed by atoms with Crippen molar-refractivity contribution >= 4 is 50.3 Å². The molecule has 0 atom stereocenters. The second-order valence-corrected chi connectivity index (χ2v) is 15.8. The molecule has 8 heteroatoms. The SMILES string of the molecule is CCC1=C(C)c2cc3[nH]c(cc4nc(c(-c5cccc6c5Oc5c(C(=O)NN)cccc5C6(C)C)c5[nH]c(cc1n2)c(CC)c5C)C(C)=C4CC)c(CC)c3C. The first-order chi connectivity index (χ1) is 26.9. The molecule has 0 radical (unpaired) electrons. The van der Waals surface area contributed by atoms with Crippen molar-refractivity contribution in [3.8, 4) is 22.6 Å². The molecular formula is C48H52N6O2. The van der Waals surface area contributed by atoms with Crippen LogP contribution in [0.15, 0.2) is 54.6 Å². The number of nitrogen functional groups attached to an aromatic ring is 1. The molecule has 0 aliphatic carbocycles. The van der Waals surface area contributed by atoms with Crippen LogP contribution in [0.25, 0.3) is 55.5 Å². The minimum absolute atomic E-state index is 0.392. The summed E-state index contributed by atoms with van der Waals surface area (Å²) in [4.78, 5) is 31.8. The third-order valence-electron chi connectivity index (χ3n) is 12.6. The van der Waals surface area contributed by atoms with E-state index in [1.807, 2.05) is 12.1 Å². The maximum absolute atomic E-state index is 13.2. The number of H-pyrrole nitrogens is 2. The van der Waals surface area contributed by atoms with Gasteiger partial charge in [0.1, 0.15) is 11.5 Å². The highest BCUT2D eigenvalue weighted by molar-refractivity contribution is 6.03. The number of fused-ring (bicyclic) bond motifs is 10.